The number of aromatic nitrogens is 3. The number of nitrogens with zero attached hydrogens (tertiary/aromatic N) is 4. The van der Waals surface area contributed by atoms with Gasteiger partial charge in [0.05, 0.1) is 6.20 Å². The van der Waals surface area contributed by atoms with Crippen LogP contribution in [-0.4, -0.2) is 32.6 Å². The number of rotatable bonds is 3. The molecule has 0 N–H and O–H groups in total. The van der Waals surface area contributed by atoms with E-state index in [1.165, 1.54) is 31.5 Å². The highest BCUT2D eigenvalue weighted by atomic mass is 15.2. The van der Waals surface area contributed by atoms with Crippen LogP contribution in [0.5, 0.6) is 0 Å². The van der Waals surface area contributed by atoms with Crippen molar-refractivity contribution in [2.75, 3.05) is 13.1 Å². The molecule has 0 bridgehead atoms. The molecule has 0 unspecified atom stereocenters. The predicted octanol–water partition coefficient (Wildman–Crippen LogP) is 4.18. The fourth-order valence-electron chi connectivity index (χ4n) is 4.59. The minimum absolute atomic E-state index is 0.838. The SMILES string of the molecule is CC1=CC[C@@H]2CN(Cc3cnc4c(-c5ccccc5)cnn4c3)C[C@@H]2C1. The summed E-state index contributed by atoms with van der Waals surface area (Å²) in [5.74, 6) is 1.68. The molecule has 1 aliphatic heterocycles. The lowest BCUT2D eigenvalue weighted by molar-refractivity contribution is 0.313. The molecule has 0 spiro atoms. The number of likely N-dealkylation sites (tertiary alicyclic amines) is 1. The van der Waals surface area contributed by atoms with E-state index in [2.05, 4.69) is 53.5 Å². The molecule has 1 fully saturated rings. The zero-order chi connectivity index (χ0) is 17.5. The highest BCUT2D eigenvalue weighted by molar-refractivity contribution is 5.76. The monoisotopic (exact) mass is 344 g/mol. The number of hydrogen-bond acceptors (Lipinski definition) is 3. The Labute approximate surface area is 154 Å². The van der Waals surface area contributed by atoms with Gasteiger partial charge in [0.2, 0.25) is 0 Å². The second-order valence-electron chi connectivity index (χ2n) is 7.86. The van der Waals surface area contributed by atoms with E-state index in [1.807, 2.05) is 23.0 Å². The molecule has 0 amide bonds. The van der Waals surface area contributed by atoms with Gasteiger partial charge in [-0.1, -0.05) is 42.0 Å². The second-order valence-corrected chi connectivity index (χ2v) is 7.86. The molecule has 132 valence electrons. The zero-order valence-electron chi connectivity index (χ0n) is 15.2. The predicted molar refractivity (Wildman–Crippen MR) is 104 cm³/mol. The summed E-state index contributed by atoms with van der Waals surface area (Å²) in [7, 11) is 0. The van der Waals surface area contributed by atoms with Crippen LogP contribution in [0.25, 0.3) is 16.8 Å². The van der Waals surface area contributed by atoms with Crippen molar-refractivity contribution in [3.8, 4) is 11.1 Å². The average Bonchev–Trinajstić information content (AvgIpc) is 3.25. The topological polar surface area (TPSA) is 33.4 Å². The molecular weight excluding hydrogens is 320 g/mol. The molecule has 3 aromatic rings. The summed E-state index contributed by atoms with van der Waals surface area (Å²) in [5.41, 5.74) is 5.99. The van der Waals surface area contributed by atoms with Crippen LogP contribution in [0.3, 0.4) is 0 Å². The Kier molecular flexibility index (Phi) is 3.86. The average molecular weight is 344 g/mol. The smallest absolute Gasteiger partial charge is 0.162 e. The molecule has 1 saturated heterocycles. The molecule has 2 aromatic heterocycles. The first-order valence-electron chi connectivity index (χ1n) is 9.52. The van der Waals surface area contributed by atoms with E-state index in [1.54, 1.807) is 5.57 Å². The van der Waals surface area contributed by atoms with Gasteiger partial charge in [-0.25, -0.2) is 9.50 Å². The molecule has 2 aliphatic rings. The molecule has 3 heterocycles. The minimum Gasteiger partial charge on any atom is -0.298 e. The summed E-state index contributed by atoms with van der Waals surface area (Å²) in [4.78, 5) is 7.32. The Morgan fingerprint density at radius 1 is 1.08 bits per heavy atom. The lowest BCUT2D eigenvalue weighted by atomic mass is 9.83. The van der Waals surface area contributed by atoms with Crippen LogP contribution in [0.15, 0.2) is 60.6 Å². The first-order valence-corrected chi connectivity index (χ1v) is 9.52. The molecule has 26 heavy (non-hydrogen) atoms. The van der Waals surface area contributed by atoms with Gasteiger partial charge in [0, 0.05) is 43.2 Å². The Morgan fingerprint density at radius 2 is 1.92 bits per heavy atom. The molecule has 2 atom stereocenters. The van der Waals surface area contributed by atoms with Crippen molar-refractivity contribution in [3.63, 3.8) is 0 Å². The van der Waals surface area contributed by atoms with Crippen LogP contribution >= 0.6 is 0 Å². The third kappa shape index (κ3) is 2.84. The quantitative estimate of drug-likeness (QED) is 0.668. The number of fused-ring (bicyclic) bond motifs is 2. The van der Waals surface area contributed by atoms with E-state index in [-0.39, 0.29) is 0 Å². The van der Waals surface area contributed by atoms with E-state index in [4.69, 9.17) is 4.98 Å². The highest BCUT2D eigenvalue weighted by Crippen LogP contribution is 2.36. The van der Waals surface area contributed by atoms with E-state index in [0.29, 0.717) is 0 Å². The summed E-state index contributed by atoms with van der Waals surface area (Å²) in [6.07, 6.45) is 11.0. The van der Waals surface area contributed by atoms with Gasteiger partial charge in [0.25, 0.3) is 0 Å². The van der Waals surface area contributed by atoms with Crippen LogP contribution in [0.2, 0.25) is 0 Å². The fraction of sp³-hybridized carbons (Fsp3) is 0.364. The summed E-state index contributed by atoms with van der Waals surface area (Å²) < 4.78 is 1.92. The van der Waals surface area contributed by atoms with E-state index in [9.17, 15) is 0 Å². The molecular formula is C22H24N4. The van der Waals surface area contributed by atoms with E-state index in [0.717, 1.165) is 35.2 Å². The van der Waals surface area contributed by atoms with Gasteiger partial charge in [-0.05, 0) is 37.2 Å². The highest BCUT2D eigenvalue weighted by Gasteiger charge is 2.33. The van der Waals surface area contributed by atoms with Gasteiger partial charge in [0.1, 0.15) is 0 Å². The van der Waals surface area contributed by atoms with Crippen molar-refractivity contribution in [1.82, 2.24) is 19.5 Å². The molecule has 5 rings (SSSR count). The normalized spacial score (nSPS) is 23.2. The molecule has 4 nitrogen and oxygen atoms in total. The maximum atomic E-state index is 4.73. The minimum atomic E-state index is 0.838. The Hall–Kier alpha value is -2.46. The molecule has 1 aromatic carbocycles. The maximum Gasteiger partial charge on any atom is 0.162 e. The van der Waals surface area contributed by atoms with Gasteiger partial charge in [-0.3, -0.25) is 4.90 Å². The lowest BCUT2D eigenvalue weighted by Crippen LogP contribution is -2.20. The molecule has 1 aliphatic carbocycles. The van der Waals surface area contributed by atoms with Crippen LogP contribution in [0, 0.1) is 11.8 Å². The Bertz CT molecular complexity index is 957. The van der Waals surface area contributed by atoms with Gasteiger partial charge in [-0.2, -0.15) is 5.10 Å². The van der Waals surface area contributed by atoms with Crippen molar-refractivity contribution in [3.05, 3.63) is 66.1 Å². The van der Waals surface area contributed by atoms with Crippen LogP contribution in [0.4, 0.5) is 0 Å². The summed E-state index contributed by atoms with van der Waals surface area (Å²) in [6.45, 7) is 5.66. The van der Waals surface area contributed by atoms with Crippen molar-refractivity contribution < 1.29 is 0 Å². The number of benzene rings is 1. The fourth-order valence-corrected chi connectivity index (χ4v) is 4.59. The van der Waals surface area contributed by atoms with Gasteiger partial charge >= 0.3 is 0 Å². The summed E-state index contributed by atoms with van der Waals surface area (Å²) in [5, 5.41) is 4.54. The number of allylic oxidation sites excluding steroid dienone is 2. The van der Waals surface area contributed by atoms with Crippen LogP contribution in [0.1, 0.15) is 25.3 Å². The Balaban J connectivity index is 1.35. The second kappa shape index (κ2) is 6.36. The summed E-state index contributed by atoms with van der Waals surface area (Å²) >= 11 is 0. The summed E-state index contributed by atoms with van der Waals surface area (Å²) in [6, 6.07) is 10.3. The number of hydrogen-bond donors (Lipinski definition) is 0. The molecule has 0 saturated carbocycles. The lowest BCUT2D eigenvalue weighted by Gasteiger charge is -2.22. The zero-order valence-corrected chi connectivity index (χ0v) is 15.2. The van der Waals surface area contributed by atoms with Crippen molar-refractivity contribution in [1.29, 1.82) is 0 Å². The third-order valence-corrected chi connectivity index (χ3v) is 5.91. The standard InChI is InChI=1S/C22H24N4/c1-16-7-8-19-14-25(15-20(19)9-16)12-17-10-23-22-21(11-24-26(22)13-17)18-5-3-2-4-6-18/h2-7,10-11,13,19-20H,8-9,12,14-15H2,1H3/t19-,20+/m1/s1. The van der Waals surface area contributed by atoms with Crippen molar-refractivity contribution in [2.24, 2.45) is 11.8 Å². The third-order valence-electron chi connectivity index (χ3n) is 5.91. The largest absolute Gasteiger partial charge is 0.298 e. The maximum absolute atomic E-state index is 4.73. The van der Waals surface area contributed by atoms with Crippen molar-refractivity contribution in [2.45, 2.75) is 26.3 Å². The van der Waals surface area contributed by atoms with Gasteiger partial charge < -0.3 is 0 Å². The van der Waals surface area contributed by atoms with Gasteiger partial charge in [0.15, 0.2) is 5.65 Å². The molecule has 4 heteroatoms. The van der Waals surface area contributed by atoms with Crippen LogP contribution in [-0.2, 0) is 6.54 Å². The first-order chi connectivity index (χ1) is 12.8. The molecule has 0 radical (unpaired) electrons. The Morgan fingerprint density at radius 3 is 2.81 bits per heavy atom. The first kappa shape index (κ1) is 15.8. The van der Waals surface area contributed by atoms with Gasteiger partial charge in [-0.15, -0.1) is 0 Å². The van der Waals surface area contributed by atoms with Crippen molar-refractivity contribution >= 4 is 5.65 Å². The van der Waals surface area contributed by atoms with E-state index >= 15 is 0 Å². The van der Waals surface area contributed by atoms with E-state index < -0.39 is 0 Å². The van der Waals surface area contributed by atoms with Crippen LogP contribution < -0.4 is 0 Å².